The van der Waals surface area contributed by atoms with Crippen molar-refractivity contribution in [3.63, 3.8) is 0 Å². The Bertz CT molecular complexity index is 419. The Morgan fingerprint density at radius 2 is 1.42 bits per heavy atom. The third-order valence-corrected chi connectivity index (χ3v) is 3.06. The van der Waals surface area contributed by atoms with Gasteiger partial charge in [-0.3, -0.25) is 0 Å². The van der Waals surface area contributed by atoms with Crippen molar-refractivity contribution in [1.29, 1.82) is 0 Å². The van der Waals surface area contributed by atoms with Crippen LogP contribution in [0.25, 0.3) is 0 Å². The summed E-state index contributed by atoms with van der Waals surface area (Å²) in [6, 6.07) is 4.33. The van der Waals surface area contributed by atoms with Crippen molar-refractivity contribution < 1.29 is 19.8 Å². The molecule has 0 saturated carbocycles. The molecule has 1 aromatic carbocycles. The molecule has 0 bridgehead atoms. The molecule has 0 unspecified atom stereocenters. The van der Waals surface area contributed by atoms with E-state index in [2.05, 4.69) is 6.92 Å². The van der Waals surface area contributed by atoms with Crippen molar-refractivity contribution in [3.05, 3.63) is 34.9 Å². The standard InChI is InChI=1S/C15H20O4/c1-2-3-4-5-6-7-11-8-12(14(16)17)10-13(9-11)15(18)19/h8-10H,2-7H2,1H3,(H,16,17)(H,18,19). The molecular formula is C15H20O4. The van der Waals surface area contributed by atoms with E-state index in [0.29, 0.717) is 0 Å². The van der Waals surface area contributed by atoms with Crippen LogP contribution in [0, 0.1) is 0 Å². The Kier molecular flexibility index (Phi) is 6.06. The summed E-state index contributed by atoms with van der Waals surface area (Å²) in [5.74, 6) is -2.18. The van der Waals surface area contributed by atoms with Gasteiger partial charge >= 0.3 is 11.9 Å². The fourth-order valence-corrected chi connectivity index (χ4v) is 2.02. The normalized spacial score (nSPS) is 10.4. The van der Waals surface area contributed by atoms with Gasteiger partial charge in [0.2, 0.25) is 0 Å². The number of carbonyl (C=O) groups is 2. The molecule has 0 spiro atoms. The van der Waals surface area contributed by atoms with E-state index in [0.717, 1.165) is 24.8 Å². The predicted octanol–water partition coefficient (Wildman–Crippen LogP) is 3.60. The van der Waals surface area contributed by atoms with Crippen LogP contribution in [0.3, 0.4) is 0 Å². The lowest BCUT2D eigenvalue weighted by Gasteiger charge is -2.05. The highest BCUT2D eigenvalue weighted by atomic mass is 16.4. The molecular weight excluding hydrogens is 244 g/mol. The van der Waals surface area contributed by atoms with Gasteiger partial charge in [0.1, 0.15) is 0 Å². The van der Waals surface area contributed by atoms with Gasteiger partial charge in [0, 0.05) is 0 Å². The predicted molar refractivity (Wildman–Crippen MR) is 72.8 cm³/mol. The Labute approximate surface area is 113 Å². The maximum Gasteiger partial charge on any atom is 0.335 e. The van der Waals surface area contributed by atoms with Crippen LogP contribution in [0.2, 0.25) is 0 Å². The second-order valence-electron chi connectivity index (χ2n) is 4.69. The van der Waals surface area contributed by atoms with Crippen LogP contribution in [0.4, 0.5) is 0 Å². The Hall–Kier alpha value is -1.84. The maximum atomic E-state index is 11.0. The molecule has 0 aromatic heterocycles. The van der Waals surface area contributed by atoms with Gasteiger partial charge < -0.3 is 10.2 Å². The lowest BCUT2D eigenvalue weighted by Crippen LogP contribution is -2.04. The molecule has 4 heteroatoms. The molecule has 0 aliphatic rings. The molecule has 1 aromatic rings. The van der Waals surface area contributed by atoms with Crippen LogP contribution in [-0.2, 0) is 6.42 Å². The molecule has 0 heterocycles. The highest BCUT2D eigenvalue weighted by molar-refractivity contribution is 5.94. The van der Waals surface area contributed by atoms with Gasteiger partial charge in [0.15, 0.2) is 0 Å². The van der Waals surface area contributed by atoms with Crippen LogP contribution in [0.15, 0.2) is 18.2 Å². The summed E-state index contributed by atoms with van der Waals surface area (Å²) in [6.45, 7) is 2.15. The minimum absolute atomic E-state index is 0.0449. The van der Waals surface area contributed by atoms with E-state index in [4.69, 9.17) is 10.2 Å². The summed E-state index contributed by atoms with van der Waals surface area (Å²) >= 11 is 0. The molecule has 0 aliphatic carbocycles. The SMILES string of the molecule is CCCCCCCc1cc(C(=O)O)cc(C(=O)O)c1. The van der Waals surface area contributed by atoms with Gasteiger partial charge in [-0.25, -0.2) is 9.59 Å². The van der Waals surface area contributed by atoms with Gasteiger partial charge in [0.25, 0.3) is 0 Å². The summed E-state index contributed by atoms with van der Waals surface area (Å²) in [5, 5.41) is 17.9. The van der Waals surface area contributed by atoms with E-state index in [1.54, 1.807) is 12.1 Å². The molecule has 0 atom stereocenters. The molecule has 4 nitrogen and oxygen atoms in total. The Morgan fingerprint density at radius 3 is 1.89 bits per heavy atom. The van der Waals surface area contributed by atoms with E-state index in [1.165, 1.54) is 25.3 Å². The molecule has 19 heavy (non-hydrogen) atoms. The van der Waals surface area contributed by atoms with Crippen molar-refractivity contribution in [2.45, 2.75) is 45.4 Å². The zero-order valence-electron chi connectivity index (χ0n) is 11.2. The molecule has 0 saturated heterocycles. The minimum atomic E-state index is -1.09. The Balaban J connectivity index is 2.71. The number of carboxylic acids is 2. The zero-order chi connectivity index (χ0) is 14.3. The first-order valence-corrected chi connectivity index (χ1v) is 6.65. The van der Waals surface area contributed by atoms with Crippen LogP contribution in [0.5, 0.6) is 0 Å². The average Bonchev–Trinajstić information content (AvgIpc) is 2.38. The largest absolute Gasteiger partial charge is 0.478 e. The summed E-state index contributed by atoms with van der Waals surface area (Å²) in [6.07, 6.45) is 6.33. The fraction of sp³-hybridized carbons (Fsp3) is 0.467. The van der Waals surface area contributed by atoms with Gasteiger partial charge in [-0.1, -0.05) is 32.6 Å². The molecule has 0 amide bonds. The second kappa shape index (κ2) is 7.56. The van der Waals surface area contributed by atoms with E-state index in [-0.39, 0.29) is 11.1 Å². The summed E-state index contributed by atoms with van der Waals surface area (Å²) in [7, 11) is 0. The van der Waals surface area contributed by atoms with Gasteiger partial charge in [-0.2, -0.15) is 0 Å². The van der Waals surface area contributed by atoms with Crippen molar-refractivity contribution in [2.24, 2.45) is 0 Å². The van der Waals surface area contributed by atoms with Crippen LogP contribution in [0.1, 0.15) is 65.3 Å². The quantitative estimate of drug-likeness (QED) is 0.703. The monoisotopic (exact) mass is 264 g/mol. The summed E-state index contributed by atoms with van der Waals surface area (Å²) in [5.41, 5.74) is 0.876. The maximum absolute atomic E-state index is 11.0. The number of benzene rings is 1. The van der Waals surface area contributed by atoms with Crippen LogP contribution in [-0.4, -0.2) is 22.2 Å². The van der Waals surface area contributed by atoms with E-state index in [1.807, 2.05) is 0 Å². The lowest BCUT2D eigenvalue weighted by molar-refractivity contribution is 0.0696. The van der Waals surface area contributed by atoms with Gasteiger partial charge in [0.05, 0.1) is 11.1 Å². The zero-order valence-corrected chi connectivity index (χ0v) is 11.2. The van der Waals surface area contributed by atoms with Gasteiger partial charge in [-0.15, -0.1) is 0 Å². The Morgan fingerprint density at radius 1 is 0.895 bits per heavy atom. The fourth-order valence-electron chi connectivity index (χ4n) is 2.02. The topological polar surface area (TPSA) is 74.6 Å². The molecule has 2 N–H and O–H groups in total. The number of rotatable bonds is 8. The van der Waals surface area contributed by atoms with Gasteiger partial charge in [-0.05, 0) is 36.6 Å². The first-order valence-electron chi connectivity index (χ1n) is 6.65. The van der Waals surface area contributed by atoms with E-state index in [9.17, 15) is 9.59 Å². The van der Waals surface area contributed by atoms with Crippen molar-refractivity contribution in [2.75, 3.05) is 0 Å². The number of hydrogen-bond donors (Lipinski definition) is 2. The first kappa shape index (κ1) is 15.2. The number of carboxylic acid groups (broad SMARTS) is 2. The summed E-state index contributed by atoms with van der Waals surface area (Å²) in [4.78, 5) is 21.9. The van der Waals surface area contributed by atoms with Crippen molar-refractivity contribution >= 4 is 11.9 Å². The average molecular weight is 264 g/mol. The van der Waals surface area contributed by atoms with Crippen LogP contribution >= 0.6 is 0 Å². The molecule has 104 valence electrons. The number of hydrogen-bond acceptors (Lipinski definition) is 2. The molecule has 1 rings (SSSR count). The van der Waals surface area contributed by atoms with E-state index >= 15 is 0 Å². The number of aryl methyl sites for hydroxylation is 1. The third-order valence-electron chi connectivity index (χ3n) is 3.06. The minimum Gasteiger partial charge on any atom is -0.478 e. The molecule has 0 fully saturated rings. The number of aromatic carboxylic acids is 2. The van der Waals surface area contributed by atoms with Crippen LogP contribution < -0.4 is 0 Å². The third kappa shape index (κ3) is 5.12. The van der Waals surface area contributed by atoms with Crippen molar-refractivity contribution in [1.82, 2.24) is 0 Å². The second-order valence-corrected chi connectivity index (χ2v) is 4.69. The van der Waals surface area contributed by atoms with Crippen molar-refractivity contribution in [3.8, 4) is 0 Å². The molecule has 0 aliphatic heterocycles. The highest BCUT2D eigenvalue weighted by Gasteiger charge is 2.11. The first-order chi connectivity index (χ1) is 9.04. The number of unbranched alkanes of at least 4 members (excludes halogenated alkanes) is 4. The smallest absolute Gasteiger partial charge is 0.335 e. The summed E-state index contributed by atoms with van der Waals surface area (Å²) < 4.78 is 0. The lowest BCUT2D eigenvalue weighted by atomic mass is 10.0. The highest BCUT2D eigenvalue weighted by Crippen LogP contribution is 2.14. The van der Waals surface area contributed by atoms with E-state index < -0.39 is 11.9 Å². The molecule has 0 radical (unpaired) electrons.